The Morgan fingerprint density at radius 3 is 2.14 bits per heavy atom. The first-order chi connectivity index (χ1) is 9.80. The van der Waals surface area contributed by atoms with E-state index in [2.05, 4.69) is 10.2 Å². The number of hydrogen-bond donors (Lipinski definition) is 2. The number of rotatable bonds is 7. The first-order valence-electron chi connectivity index (χ1n) is 7.70. The summed E-state index contributed by atoms with van der Waals surface area (Å²) >= 11 is 0. The van der Waals surface area contributed by atoms with Crippen LogP contribution in [0.1, 0.15) is 26.2 Å². The van der Waals surface area contributed by atoms with Gasteiger partial charge in [-0.05, 0) is 26.2 Å². The molecule has 2 fully saturated rings. The average molecular weight is 309 g/mol. The van der Waals surface area contributed by atoms with Crippen LogP contribution in [0.4, 0.5) is 13.2 Å². The average Bonchev–Trinajstić information content (AvgIpc) is 3.20. The van der Waals surface area contributed by atoms with Gasteiger partial charge in [0.05, 0.1) is 13.2 Å². The molecule has 4 nitrogen and oxygen atoms in total. The van der Waals surface area contributed by atoms with E-state index in [4.69, 9.17) is 0 Å². The van der Waals surface area contributed by atoms with E-state index in [0.717, 1.165) is 13.0 Å². The first-order valence-corrected chi connectivity index (χ1v) is 7.70. The van der Waals surface area contributed by atoms with Gasteiger partial charge in [0.2, 0.25) is 0 Å². The van der Waals surface area contributed by atoms with Gasteiger partial charge in [-0.3, -0.25) is 4.90 Å². The Hall–Kier alpha value is -0.370. The number of nitrogens with one attached hydrogen (secondary N) is 1. The molecule has 0 amide bonds. The minimum absolute atomic E-state index is 0.0948. The van der Waals surface area contributed by atoms with E-state index in [-0.39, 0.29) is 12.1 Å². The molecule has 124 valence electrons. The lowest BCUT2D eigenvalue weighted by molar-refractivity contribution is -0.149. The SMILES string of the molecule is CC(CO)(CCN1CCN(CC(F)(F)F)CC1)NC1CC1. The summed E-state index contributed by atoms with van der Waals surface area (Å²) in [6, 6.07) is 0.533. The van der Waals surface area contributed by atoms with Crippen molar-refractivity contribution in [1.29, 1.82) is 0 Å². The van der Waals surface area contributed by atoms with Gasteiger partial charge in [0.25, 0.3) is 0 Å². The normalized spacial score (nSPS) is 25.0. The Balaban J connectivity index is 1.68. The van der Waals surface area contributed by atoms with Crippen LogP contribution in [0.25, 0.3) is 0 Å². The molecule has 0 bridgehead atoms. The predicted octanol–water partition coefficient (Wildman–Crippen LogP) is 1.06. The summed E-state index contributed by atoms with van der Waals surface area (Å²) < 4.78 is 37.0. The number of nitrogens with zero attached hydrogens (tertiary/aromatic N) is 2. The van der Waals surface area contributed by atoms with Crippen LogP contribution in [-0.4, -0.2) is 78.5 Å². The van der Waals surface area contributed by atoms with Crippen LogP contribution in [0.5, 0.6) is 0 Å². The third kappa shape index (κ3) is 6.10. The van der Waals surface area contributed by atoms with Crippen molar-refractivity contribution in [2.24, 2.45) is 0 Å². The van der Waals surface area contributed by atoms with Gasteiger partial charge in [0.1, 0.15) is 0 Å². The number of piperazine rings is 1. The third-order valence-electron chi connectivity index (χ3n) is 4.33. The van der Waals surface area contributed by atoms with Crippen LogP contribution in [0.2, 0.25) is 0 Å². The maximum Gasteiger partial charge on any atom is 0.401 e. The van der Waals surface area contributed by atoms with Crippen molar-refractivity contribution in [3.05, 3.63) is 0 Å². The molecule has 2 rings (SSSR count). The molecule has 7 heteroatoms. The van der Waals surface area contributed by atoms with Crippen molar-refractivity contribution >= 4 is 0 Å². The Morgan fingerprint density at radius 2 is 1.67 bits per heavy atom. The minimum atomic E-state index is -4.11. The lowest BCUT2D eigenvalue weighted by Crippen LogP contribution is -2.52. The van der Waals surface area contributed by atoms with Gasteiger partial charge < -0.3 is 15.3 Å². The van der Waals surface area contributed by atoms with E-state index < -0.39 is 12.7 Å². The minimum Gasteiger partial charge on any atom is -0.394 e. The van der Waals surface area contributed by atoms with E-state index in [0.29, 0.717) is 32.2 Å². The molecule has 0 aromatic rings. The Morgan fingerprint density at radius 1 is 1.10 bits per heavy atom. The molecule has 2 N–H and O–H groups in total. The molecule has 1 aliphatic carbocycles. The van der Waals surface area contributed by atoms with Gasteiger partial charge in [-0.1, -0.05) is 0 Å². The van der Waals surface area contributed by atoms with Gasteiger partial charge in [0, 0.05) is 44.3 Å². The lowest BCUT2D eigenvalue weighted by atomic mass is 9.98. The van der Waals surface area contributed by atoms with Gasteiger partial charge in [-0.15, -0.1) is 0 Å². The molecule has 1 unspecified atom stereocenters. The van der Waals surface area contributed by atoms with E-state index in [1.807, 2.05) is 6.92 Å². The number of aliphatic hydroxyl groups is 1. The van der Waals surface area contributed by atoms with E-state index >= 15 is 0 Å². The third-order valence-corrected chi connectivity index (χ3v) is 4.33. The van der Waals surface area contributed by atoms with Crippen LogP contribution in [0.3, 0.4) is 0 Å². The van der Waals surface area contributed by atoms with Gasteiger partial charge in [0.15, 0.2) is 0 Å². The highest BCUT2D eigenvalue weighted by atomic mass is 19.4. The van der Waals surface area contributed by atoms with E-state index in [9.17, 15) is 18.3 Å². The van der Waals surface area contributed by atoms with Gasteiger partial charge in [-0.2, -0.15) is 13.2 Å². The standard InChI is InChI=1S/C14H26F3N3O/c1-13(11-21,18-12-2-3-12)4-5-19-6-8-20(9-7-19)10-14(15,16)17/h12,18,21H,2-11H2,1H3. The summed E-state index contributed by atoms with van der Waals surface area (Å²) in [6.45, 7) is 4.39. The summed E-state index contributed by atoms with van der Waals surface area (Å²) in [5.74, 6) is 0. The molecular formula is C14H26F3N3O. The maximum absolute atomic E-state index is 12.3. The van der Waals surface area contributed by atoms with E-state index in [1.54, 1.807) is 0 Å². The summed E-state index contributed by atoms with van der Waals surface area (Å²) in [7, 11) is 0. The summed E-state index contributed by atoms with van der Waals surface area (Å²) in [6.07, 6.45) is -0.942. The molecule has 0 spiro atoms. The Kier molecular flexibility index (Phi) is 5.51. The molecule has 1 heterocycles. The lowest BCUT2D eigenvalue weighted by Gasteiger charge is -2.37. The summed E-state index contributed by atoms with van der Waals surface area (Å²) in [4.78, 5) is 3.65. The molecule has 0 aromatic heterocycles. The van der Waals surface area contributed by atoms with Crippen molar-refractivity contribution in [2.45, 2.75) is 43.9 Å². The van der Waals surface area contributed by atoms with Crippen molar-refractivity contribution < 1.29 is 18.3 Å². The van der Waals surface area contributed by atoms with Crippen molar-refractivity contribution in [3.8, 4) is 0 Å². The van der Waals surface area contributed by atoms with Crippen molar-refractivity contribution in [2.75, 3.05) is 45.9 Å². The topological polar surface area (TPSA) is 38.7 Å². The molecular weight excluding hydrogens is 283 g/mol. The maximum atomic E-state index is 12.3. The molecule has 1 saturated carbocycles. The van der Waals surface area contributed by atoms with Crippen molar-refractivity contribution in [3.63, 3.8) is 0 Å². The molecule has 1 aliphatic heterocycles. The smallest absolute Gasteiger partial charge is 0.394 e. The van der Waals surface area contributed by atoms with Crippen LogP contribution >= 0.6 is 0 Å². The zero-order valence-corrected chi connectivity index (χ0v) is 12.6. The Bertz CT molecular complexity index is 328. The molecule has 0 aromatic carbocycles. The largest absolute Gasteiger partial charge is 0.401 e. The van der Waals surface area contributed by atoms with Crippen LogP contribution in [0.15, 0.2) is 0 Å². The monoisotopic (exact) mass is 309 g/mol. The molecule has 1 saturated heterocycles. The predicted molar refractivity (Wildman–Crippen MR) is 75.2 cm³/mol. The van der Waals surface area contributed by atoms with Crippen molar-refractivity contribution in [1.82, 2.24) is 15.1 Å². The van der Waals surface area contributed by atoms with Gasteiger partial charge >= 0.3 is 6.18 Å². The second-order valence-corrected chi connectivity index (χ2v) is 6.62. The summed E-state index contributed by atoms with van der Waals surface area (Å²) in [5, 5.41) is 13.0. The van der Waals surface area contributed by atoms with E-state index in [1.165, 1.54) is 17.7 Å². The zero-order valence-electron chi connectivity index (χ0n) is 12.6. The number of alkyl halides is 3. The number of halogens is 3. The molecule has 2 aliphatic rings. The molecule has 1 atom stereocenters. The fraction of sp³-hybridized carbons (Fsp3) is 1.00. The fourth-order valence-electron chi connectivity index (χ4n) is 2.75. The highest BCUT2D eigenvalue weighted by Crippen LogP contribution is 2.24. The second-order valence-electron chi connectivity index (χ2n) is 6.62. The molecule has 21 heavy (non-hydrogen) atoms. The Labute approximate surface area is 124 Å². The highest BCUT2D eigenvalue weighted by Gasteiger charge is 2.34. The fourth-order valence-corrected chi connectivity index (χ4v) is 2.75. The quantitative estimate of drug-likeness (QED) is 0.738. The number of hydrogen-bond acceptors (Lipinski definition) is 4. The van der Waals surface area contributed by atoms with Crippen LogP contribution in [0, 0.1) is 0 Å². The highest BCUT2D eigenvalue weighted by molar-refractivity contribution is 4.93. The van der Waals surface area contributed by atoms with Crippen LogP contribution < -0.4 is 5.32 Å². The summed E-state index contributed by atoms with van der Waals surface area (Å²) in [5.41, 5.74) is -0.274. The zero-order chi connectivity index (χ0) is 15.5. The molecule has 0 radical (unpaired) electrons. The van der Waals surface area contributed by atoms with Crippen LogP contribution in [-0.2, 0) is 0 Å². The van der Waals surface area contributed by atoms with Gasteiger partial charge in [-0.25, -0.2) is 0 Å². The second kappa shape index (κ2) is 6.81. The number of aliphatic hydroxyl groups excluding tert-OH is 1. The first kappa shape index (κ1) is 17.0.